The monoisotopic (exact) mass is 531 g/mol. The quantitative estimate of drug-likeness (QED) is 0.180. The minimum Gasteiger partial charge on any atom is -0.497 e. The van der Waals surface area contributed by atoms with Crippen LogP contribution in [0.3, 0.4) is 0 Å². The molecule has 1 aliphatic rings. The van der Waals surface area contributed by atoms with E-state index in [4.69, 9.17) is 23.7 Å². The van der Waals surface area contributed by atoms with Gasteiger partial charge in [-0.05, 0) is 72.5 Å². The first kappa shape index (κ1) is 28.2. The van der Waals surface area contributed by atoms with Crippen molar-refractivity contribution in [1.29, 1.82) is 0 Å². The molecule has 3 aromatic carbocycles. The van der Waals surface area contributed by atoms with E-state index in [0.29, 0.717) is 13.2 Å². The fraction of sp³-hybridized carbons (Fsp3) is 0.344. The van der Waals surface area contributed by atoms with Crippen molar-refractivity contribution in [3.8, 4) is 17.2 Å². The molecule has 0 aromatic heterocycles. The Bertz CT molecular complexity index is 1110. The lowest BCUT2D eigenvalue weighted by atomic mass is 9.80. The largest absolute Gasteiger partial charge is 0.497 e. The highest BCUT2D eigenvalue weighted by Crippen LogP contribution is 2.42. The molecule has 4 rings (SSSR count). The molecule has 1 heterocycles. The summed E-state index contributed by atoms with van der Waals surface area (Å²) in [5.41, 5.74) is 2.02. The molecule has 7 nitrogen and oxygen atoms in total. The Morgan fingerprint density at radius 1 is 0.795 bits per heavy atom. The Labute approximate surface area is 230 Å². The summed E-state index contributed by atoms with van der Waals surface area (Å²) in [4.78, 5) is 14.0. The minimum atomic E-state index is -0.901. The van der Waals surface area contributed by atoms with Gasteiger partial charge in [0.1, 0.15) is 22.8 Å². The van der Waals surface area contributed by atoms with E-state index in [0.717, 1.165) is 53.3 Å². The predicted octanol–water partition coefficient (Wildman–Crippen LogP) is 5.21. The van der Waals surface area contributed by atoms with Crippen molar-refractivity contribution in [3.63, 3.8) is 0 Å². The first-order valence-corrected chi connectivity index (χ1v) is 13.1. The molecule has 0 aliphatic carbocycles. The molecule has 0 bridgehead atoms. The normalized spacial score (nSPS) is 15.8. The van der Waals surface area contributed by atoms with Crippen LogP contribution in [0.15, 0.2) is 84.9 Å². The van der Waals surface area contributed by atoms with Crippen molar-refractivity contribution in [2.75, 3.05) is 48.1 Å². The first-order valence-electron chi connectivity index (χ1n) is 13.1. The number of methoxy groups -OCH3 is 4. The summed E-state index contributed by atoms with van der Waals surface area (Å²) in [5, 5.41) is 0. The maximum Gasteiger partial charge on any atom is 0.330 e. The summed E-state index contributed by atoms with van der Waals surface area (Å²) in [7, 11) is 6.37. The van der Waals surface area contributed by atoms with E-state index in [1.54, 1.807) is 21.3 Å². The van der Waals surface area contributed by atoms with Gasteiger partial charge >= 0.3 is 5.97 Å². The van der Waals surface area contributed by atoms with E-state index in [1.807, 2.05) is 78.9 Å². The van der Waals surface area contributed by atoms with Crippen molar-refractivity contribution in [2.45, 2.75) is 24.5 Å². The summed E-state index contributed by atoms with van der Waals surface area (Å²) >= 11 is 0. The van der Waals surface area contributed by atoms with Crippen molar-refractivity contribution in [1.82, 2.24) is 4.90 Å². The van der Waals surface area contributed by atoms with Crippen molar-refractivity contribution in [2.24, 2.45) is 0 Å². The maximum absolute atomic E-state index is 11.6. The number of nitrogens with zero attached hydrogens (tertiary/aromatic N) is 1. The summed E-state index contributed by atoms with van der Waals surface area (Å²) in [6.07, 6.45) is 5.51. The maximum atomic E-state index is 11.6. The van der Waals surface area contributed by atoms with Gasteiger partial charge in [-0.25, -0.2) is 4.79 Å². The third-order valence-electron chi connectivity index (χ3n) is 7.26. The van der Waals surface area contributed by atoms with Crippen LogP contribution in [0, 0.1) is 0 Å². The second-order valence-corrected chi connectivity index (χ2v) is 9.34. The van der Waals surface area contributed by atoms with E-state index in [1.165, 1.54) is 13.2 Å². The van der Waals surface area contributed by atoms with Crippen LogP contribution >= 0.6 is 0 Å². The molecule has 0 saturated carbocycles. The van der Waals surface area contributed by atoms with Gasteiger partial charge in [0.05, 0.1) is 35.0 Å². The van der Waals surface area contributed by atoms with E-state index in [2.05, 4.69) is 4.90 Å². The van der Waals surface area contributed by atoms with Crippen molar-refractivity contribution in [3.05, 3.63) is 102 Å². The second kappa shape index (κ2) is 13.3. The third kappa shape index (κ3) is 6.44. The summed E-state index contributed by atoms with van der Waals surface area (Å²) in [6.45, 7) is 2.12. The zero-order chi connectivity index (χ0) is 27.7. The molecule has 1 aliphatic heterocycles. The van der Waals surface area contributed by atoms with Gasteiger partial charge in [0.15, 0.2) is 0 Å². The number of carbonyl (C=O) groups is 1. The molecule has 39 heavy (non-hydrogen) atoms. The van der Waals surface area contributed by atoms with E-state index in [-0.39, 0.29) is 12.0 Å². The van der Waals surface area contributed by atoms with Gasteiger partial charge in [-0.1, -0.05) is 42.5 Å². The fourth-order valence-electron chi connectivity index (χ4n) is 5.15. The fourth-order valence-corrected chi connectivity index (χ4v) is 5.15. The van der Waals surface area contributed by atoms with E-state index >= 15 is 0 Å². The highest BCUT2D eigenvalue weighted by molar-refractivity contribution is 5.81. The minimum absolute atomic E-state index is 0.171. The lowest BCUT2D eigenvalue weighted by Gasteiger charge is -2.37. The number of ether oxygens (including phenoxy) is 5. The Morgan fingerprint density at radius 2 is 1.26 bits per heavy atom. The Hall–Kier alpha value is -3.81. The highest BCUT2D eigenvalue weighted by Gasteiger charge is 2.38. The van der Waals surface area contributed by atoms with Crippen LogP contribution in [-0.2, 0) is 19.9 Å². The smallest absolute Gasteiger partial charge is 0.330 e. The number of benzene rings is 3. The molecule has 0 unspecified atom stereocenters. The van der Waals surface area contributed by atoms with Gasteiger partial charge in [0.25, 0.3) is 0 Å². The van der Waals surface area contributed by atoms with Crippen LogP contribution in [0.5, 0.6) is 17.2 Å². The molecule has 1 saturated heterocycles. The first-order chi connectivity index (χ1) is 19.0. The average Bonchev–Trinajstić information content (AvgIpc) is 3.45. The SMILES string of the molecule is COC(=O)/C=C/[C@H]1CCCN1CCOC(c1ccc(OC)cc1)(c1ccc(OC)cc1)c1ccc(OC)cc1. The number of carbonyl (C=O) groups excluding carboxylic acids is 1. The van der Waals surface area contributed by atoms with Gasteiger partial charge in [0.2, 0.25) is 0 Å². The van der Waals surface area contributed by atoms with Gasteiger partial charge in [-0.3, -0.25) is 4.90 Å². The highest BCUT2D eigenvalue weighted by atomic mass is 16.5. The van der Waals surface area contributed by atoms with Gasteiger partial charge in [0, 0.05) is 18.7 Å². The zero-order valence-corrected chi connectivity index (χ0v) is 23.1. The Kier molecular flexibility index (Phi) is 9.63. The van der Waals surface area contributed by atoms with Crippen LogP contribution in [0.25, 0.3) is 0 Å². The standard InChI is InChI=1S/C32H37NO6/c1-35-28-14-7-24(8-15-28)32(25-9-16-29(36-2)17-10-25,26-11-18-30(37-3)19-12-26)39-23-22-33-21-5-6-27(33)13-20-31(34)38-4/h7-20,27H,5-6,21-23H2,1-4H3/b20-13+/t27-/m1/s1. The molecule has 0 spiro atoms. The molecule has 0 radical (unpaired) electrons. The molecule has 0 amide bonds. The molecule has 1 fully saturated rings. The van der Waals surface area contributed by atoms with Crippen LogP contribution in [0.4, 0.5) is 0 Å². The molecule has 1 atom stereocenters. The number of likely N-dealkylation sites (tertiary alicyclic amines) is 1. The van der Waals surface area contributed by atoms with Crippen molar-refractivity contribution < 1.29 is 28.5 Å². The number of hydrogen-bond acceptors (Lipinski definition) is 7. The van der Waals surface area contributed by atoms with Crippen LogP contribution in [0.1, 0.15) is 29.5 Å². The van der Waals surface area contributed by atoms with Crippen LogP contribution in [-0.4, -0.2) is 65.0 Å². The summed E-state index contributed by atoms with van der Waals surface area (Å²) in [5.74, 6) is 1.98. The Morgan fingerprint density at radius 3 is 1.67 bits per heavy atom. The molecule has 7 heteroatoms. The Balaban J connectivity index is 1.72. The number of rotatable bonds is 12. The predicted molar refractivity (Wildman–Crippen MR) is 151 cm³/mol. The lowest BCUT2D eigenvalue weighted by Crippen LogP contribution is -2.37. The topological polar surface area (TPSA) is 66.5 Å². The van der Waals surface area contributed by atoms with Gasteiger partial charge < -0.3 is 23.7 Å². The van der Waals surface area contributed by atoms with Crippen LogP contribution < -0.4 is 14.2 Å². The van der Waals surface area contributed by atoms with E-state index in [9.17, 15) is 4.79 Å². The molecular weight excluding hydrogens is 494 g/mol. The molecule has 3 aromatic rings. The van der Waals surface area contributed by atoms with Crippen molar-refractivity contribution >= 4 is 5.97 Å². The third-order valence-corrected chi connectivity index (χ3v) is 7.26. The van der Waals surface area contributed by atoms with E-state index < -0.39 is 5.60 Å². The number of esters is 1. The average molecular weight is 532 g/mol. The molecule has 0 N–H and O–H groups in total. The summed E-state index contributed by atoms with van der Waals surface area (Å²) in [6, 6.07) is 24.2. The van der Waals surface area contributed by atoms with Crippen LogP contribution in [0.2, 0.25) is 0 Å². The van der Waals surface area contributed by atoms with Gasteiger partial charge in [-0.15, -0.1) is 0 Å². The molecular formula is C32H37NO6. The number of hydrogen-bond donors (Lipinski definition) is 0. The lowest BCUT2D eigenvalue weighted by molar-refractivity contribution is -0.134. The zero-order valence-electron chi connectivity index (χ0n) is 23.1. The van der Waals surface area contributed by atoms with Gasteiger partial charge in [-0.2, -0.15) is 0 Å². The second-order valence-electron chi connectivity index (χ2n) is 9.34. The molecule has 206 valence electrons. The summed E-state index contributed by atoms with van der Waals surface area (Å²) < 4.78 is 28.1.